The Kier molecular flexibility index (Phi) is 3.50. The number of hydrogen-bond acceptors (Lipinski definition) is 3. The van der Waals surface area contributed by atoms with E-state index in [1.807, 2.05) is 14.0 Å². The van der Waals surface area contributed by atoms with E-state index in [2.05, 4.69) is 30.8 Å². The predicted octanol–water partition coefficient (Wildman–Crippen LogP) is 1.78. The first-order valence-corrected chi connectivity index (χ1v) is 5.28. The molecule has 4 heteroatoms. The van der Waals surface area contributed by atoms with Gasteiger partial charge in [0.05, 0.1) is 11.3 Å². The minimum absolute atomic E-state index is 0.364. The molecule has 15 heavy (non-hydrogen) atoms. The van der Waals surface area contributed by atoms with Crippen molar-refractivity contribution < 1.29 is 4.79 Å². The minimum atomic E-state index is 0.364. The SMILES string of the molecule is CCN(c1c(C=O)c(C)nn1C)C(C)C. The van der Waals surface area contributed by atoms with Crippen LogP contribution in [0.25, 0.3) is 0 Å². The fourth-order valence-electron chi connectivity index (χ4n) is 1.90. The van der Waals surface area contributed by atoms with Gasteiger partial charge in [0, 0.05) is 19.6 Å². The molecule has 84 valence electrons. The third-order valence-corrected chi connectivity index (χ3v) is 2.59. The van der Waals surface area contributed by atoms with Gasteiger partial charge in [-0.25, -0.2) is 0 Å². The van der Waals surface area contributed by atoms with Crippen LogP contribution < -0.4 is 4.90 Å². The molecule has 4 nitrogen and oxygen atoms in total. The molecular weight excluding hydrogens is 190 g/mol. The second-order valence-electron chi connectivity index (χ2n) is 3.94. The number of carbonyl (C=O) groups excluding carboxylic acids is 1. The molecule has 0 unspecified atom stereocenters. The third kappa shape index (κ3) is 2.03. The number of hydrogen-bond donors (Lipinski definition) is 0. The van der Waals surface area contributed by atoms with Gasteiger partial charge in [0.25, 0.3) is 0 Å². The number of aryl methyl sites for hydroxylation is 2. The predicted molar refractivity (Wildman–Crippen MR) is 61.5 cm³/mol. The van der Waals surface area contributed by atoms with Gasteiger partial charge >= 0.3 is 0 Å². The van der Waals surface area contributed by atoms with Crippen LogP contribution in [0.15, 0.2) is 0 Å². The summed E-state index contributed by atoms with van der Waals surface area (Å²) < 4.78 is 1.78. The standard InChI is InChI=1S/C11H19N3O/c1-6-14(8(2)3)11-10(7-15)9(4)12-13(11)5/h7-8H,6H2,1-5H3. The number of nitrogens with zero attached hydrogens (tertiary/aromatic N) is 3. The van der Waals surface area contributed by atoms with Crippen LogP contribution in [0.4, 0.5) is 5.82 Å². The highest BCUT2D eigenvalue weighted by Crippen LogP contribution is 2.22. The molecule has 0 aromatic carbocycles. The van der Waals surface area contributed by atoms with Gasteiger partial charge in [-0.2, -0.15) is 5.10 Å². The summed E-state index contributed by atoms with van der Waals surface area (Å²) in [4.78, 5) is 13.2. The maximum Gasteiger partial charge on any atom is 0.155 e. The number of aromatic nitrogens is 2. The molecule has 1 heterocycles. The number of aldehydes is 1. The fourth-order valence-corrected chi connectivity index (χ4v) is 1.90. The molecule has 0 spiro atoms. The van der Waals surface area contributed by atoms with Crippen LogP contribution in [-0.4, -0.2) is 28.7 Å². The zero-order chi connectivity index (χ0) is 11.6. The molecule has 0 aliphatic carbocycles. The Morgan fingerprint density at radius 1 is 1.53 bits per heavy atom. The summed E-state index contributed by atoms with van der Waals surface area (Å²) in [5.74, 6) is 0.917. The van der Waals surface area contributed by atoms with E-state index in [0.717, 1.165) is 24.3 Å². The molecule has 0 amide bonds. The Morgan fingerprint density at radius 3 is 2.53 bits per heavy atom. The van der Waals surface area contributed by atoms with Gasteiger partial charge in [0.1, 0.15) is 5.82 Å². The van der Waals surface area contributed by atoms with Crippen molar-refractivity contribution in [3.05, 3.63) is 11.3 Å². The third-order valence-electron chi connectivity index (χ3n) is 2.59. The molecule has 0 aliphatic heterocycles. The van der Waals surface area contributed by atoms with Crippen molar-refractivity contribution in [1.82, 2.24) is 9.78 Å². The van der Waals surface area contributed by atoms with Crippen LogP contribution in [0.1, 0.15) is 36.8 Å². The van der Waals surface area contributed by atoms with Crippen LogP contribution in [0.2, 0.25) is 0 Å². The Labute approximate surface area is 90.9 Å². The number of carbonyl (C=O) groups is 1. The van der Waals surface area contributed by atoms with Crippen LogP contribution in [0.3, 0.4) is 0 Å². The zero-order valence-corrected chi connectivity index (χ0v) is 10.1. The quantitative estimate of drug-likeness (QED) is 0.709. The van der Waals surface area contributed by atoms with Gasteiger partial charge in [-0.1, -0.05) is 0 Å². The summed E-state index contributed by atoms with van der Waals surface area (Å²) in [5.41, 5.74) is 1.50. The molecular formula is C11H19N3O. The van der Waals surface area contributed by atoms with E-state index in [4.69, 9.17) is 0 Å². The zero-order valence-electron chi connectivity index (χ0n) is 10.1. The Bertz CT molecular complexity index is 355. The van der Waals surface area contributed by atoms with Crippen molar-refractivity contribution >= 4 is 12.1 Å². The molecule has 0 fully saturated rings. The van der Waals surface area contributed by atoms with E-state index in [-0.39, 0.29) is 0 Å². The van der Waals surface area contributed by atoms with Gasteiger partial charge in [-0.15, -0.1) is 0 Å². The van der Waals surface area contributed by atoms with Crippen molar-refractivity contribution in [3.63, 3.8) is 0 Å². The second-order valence-corrected chi connectivity index (χ2v) is 3.94. The maximum atomic E-state index is 11.0. The lowest BCUT2D eigenvalue weighted by Crippen LogP contribution is -2.32. The Balaban J connectivity index is 3.27. The van der Waals surface area contributed by atoms with Crippen molar-refractivity contribution in [2.24, 2.45) is 7.05 Å². The highest BCUT2D eigenvalue weighted by molar-refractivity contribution is 5.84. The molecule has 0 radical (unpaired) electrons. The summed E-state index contributed by atoms with van der Waals surface area (Å²) in [6.07, 6.45) is 0.892. The average Bonchev–Trinajstić information content (AvgIpc) is 2.42. The Hall–Kier alpha value is -1.32. The van der Waals surface area contributed by atoms with E-state index in [1.165, 1.54) is 0 Å². The lowest BCUT2D eigenvalue weighted by molar-refractivity contribution is 0.112. The topological polar surface area (TPSA) is 38.1 Å². The van der Waals surface area contributed by atoms with Crippen LogP contribution in [0.5, 0.6) is 0 Å². The van der Waals surface area contributed by atoms with Crippen LogP contribution >= 0.6 is 0 Å². The first-order chi connectivity index (χ1) is 7.02. The highest BCUT2D eigenvalue weighted by Gasteiger charge is 2.19. The molecule has 0 N–H and O–H groups in total. The van der Waals surface area contributed by atoms with Crippen molar-refractivity contribution in [1.29, 1.82) is 0 Å². The van der Waals surface area contributed by atoms with Crippen molar-refractivity contribution in [3.8, 4) is 0 Å². The first-order valence-electron chi connectivity index (χ1n) is 5.28. The lowest BCUT2D eigenvalue weighted by Gasteiger charge is -2.27. The first kappa shape index (κ1) is 11.8. The largest absolute Gasteiger partial charge is 0.354 e. The molecule has 0 bridgehead atoms. The van der Waals surface area contributed by atoms with E-state index in [9.17, 15) is 4.79 Å². The summed E-state index contributed by atoms with van der Waals surface area (Å²) in [7, 11) is 1.88. The van der Waals surface area contributed by atoms with Crippen molar-refractivity contribution in [2.75, 3.05) is 11.4 Å². The van der Waals surface area contributed by atoms with Gasteiger partial charge in [0.2, 0.25) is 0 Å². The number of rotatable bonds is 4. The van der Waals surface area contributed by atoms with Gasteiger partial charge in [0.15, 0.2) is 6.29 Å². The van der Waals surface area contributed by atoms with E-state index < -0.39 is 0 Å². The monoisotopic (exact) mass is 209 g/mol. The summed E-state index contributed by atoms with van der Waals surface area (Å²) in [5, 5.41) is 4.28. The van der Waals surface area contributed by atoms with Crippen LogP contribution in [-0.2, 0) is 7.05 Å². The summed E-state index contributed by atoms with van der Waals surface area (Å²) in [6.45, 7) is 9.04. The highest BCUT2D eigenvalue weighted by atomic mass is 16.1. The average molecular weight is 209 g/mol. The van der Waals surface area contributed by atoms with E-state index in [1.54, 1.807) is 4.68 Å². The smallest absolute Gasteiger partial charge is 0.155 e. The number of anilines is 1. The van der Waals surface area contributed by atoms with E-state index in [0.29, 0.717) is 11.6 Å². The normalized spacial score (nSPS) is 10.8. The molecule has 0 atom stereocenters. The van der Waals surface area contributed by atoms with Gasteiger partial charge in [-0.3, -0.25) is 9.48 Å². The molecule has 1 aromatic heterocycles. The van der Waals surface area contributed by atoms with Crippen LogP contribution in [0, 0.1) is 6.92 Å². The van der Waals surface area contributed by atoms with Gasteiger partial charge < -0.3 is 4.90 Å². The van der Waals surface area contributed by atoms with E-state index >= 15 is 0 Å². The lowest BCUT2D eigenvalue weighted by atomic mass is 10.2. The molecule has 0 saturated carbocycles. The Morgan fingerprint density at radius 2 is 2.13 bits per heavy atom. The second kappa shape index (κ2) is 4.47. The summed E-state index contributed by atoms with van der Waals surface area (Å²) >= 11 is 0. The molecule has 0 aliphatic rings. The van der Waals surface area contributed by atoms with Gasteiger partial charge in [-0.05, 0) is 27.7 Å². The molecule has 0 saturated heterocycles. The molecule has 1 rings (SSSR count). The molecule has 1 aromatic rings. The van der Waals surface area contributed by atoms with Crippen molar-refractivity contribution in [2.45, 2.75) is 33.7 Å². The minimum Gasteiger partial charge on any atom is -0.354 e. The summed E-state index contributed by atoms with van der Waals surface area (Å²) in [6, 6.07) is 0.364. The maximum absolute atomic E-state index is 11.0. The fraction of sp³-hybridized carbons (Fsp3) is 0.636.